The van der Waals surface area contributed by atoms with Crippen molar-refractivity contribution in [1.29, 1.82) is 0 Å². The highest BCUT2D eigenvalue weighted by molar-refractivity contribution is 5.07. The minimum atomic E-state index is 0.839. The van der Waals surface area contributed by atoms with Crippen molar-refractivity contribution >= 4 is 0 Å². The second-order valence-corrected chi connectivity index (χ2v) is 2.33. The first-order chi connectivity index (χ1) is 3.84. The molecule has 0 unspecified atom stereocenters. The Morgan fingerprint density at radius 3 is 2.75 bits per heavy atom. The highest BCUT2D eigenvalue weighted by Gasteiger charge is 2.22. The molecule has 0 aromatic carbocycles. The fraction of sp³-hybridized carbons (Fsp3) is 0.667. The van der Waals surface area contributed by atoms with E-state index in [2.05, 4.69) is 12.3 Å². The Hall–Kier alpha value is -0.500. The van der Waals surface area contributed by atoms with Crippen LogP contribution in [0.15, 0.2) is 11.8 Å². The van der Waals surface area contributed by atoms with Gasteiger partial charge in [-0.15, -0.1) is 0 Å². The molecule has 1 rings (SSSR count). The number of hydrogen-bond acceptors (Lipinski definition) is 2. The second kappa shape index (κ2) is 2.18. The molecular formula is C6H12N2. The van der Waals surface area contributed by atoms with E-state index in [1.807, 2.05) is 6.20 Å². The molecule has 0 radical (unpaired) electrons. The minimum Gasteiger partial charge on any atom is -0.331 e. The number of hydrogen-bond donors (Lipinski definition) is 2. The van der Waals surface area contributed by atoms with Crippen molar-refractivity contribution in [3.05, 3.63) is 11.8 Å². The van der Waals surface area contributed by atoms with Gasteiger partial charge in [-0.05, 0) is 25.7 Å². The van der Waals surface area contributed by atoms with Crippen LogP contribution in [0, 0.1) is 5.92 Å². The lowest BCUT2D eigenvalue weighted by molar-refractivity contribution is 0.903. The Balaban J connectivity index is 2.31. The van der Waals surface area contributed by atoms with Crippen LogP contribution in [0.3, 0.4) is 0 Å². The fourth-order valence-electron chi connectivity index (χ4n) is 0.788. The molecule has 8 heavy (non-hydrogen) atoms. The third-order valence-electron chi connectivity index (χ3n) is 1.53. The maximum absolute atomic E-state index is 5.07. The maximum atomic E-state index is 5.07. The molecule has 2 nitrogen and oxygen atoms in total. The summed E-state index contributed by atoms with van der Waals surface area (Å²) >= 11 is 0. The van der Waals surface area contributed by atoms with Crippen LogP contribution < -0.4 is 11.3 Å². The van der Waals surface area contributed by atoms with Gasteiger partial charge in [0, 0.05) is 6.20 Å². The summed E-state index contributed by atoms with van der Waals surface area (Å²) in [4.78, 5) is 0. The summed E-state index contributed by atoms with van der Waals surface area (Å²) in [6, 6.07) is 0. The lowest BCUT2D eigenvalue weighted by atomic mass is 10.2. The van der Waals surface area contributed by atoms with E-state index in [1.54, 1.807) is 0 Å². The summed E-state index contributed by atoms with van der Waals surface area (Å²) in [5, 5.41) is 0. The first-order valence-corrected chi connectivity index (χ1v) is 2.97. The second-order valence-electron chi connectivity index (χ2n) is 2.33. The van der Waals surface area contributed by atoms with Gasteiger partial charge in [-0.1, -0.05) is 5.57 Å². The summed E-state index contributed by atoms with van der Waals surface area (Å²) in [6.45, 7) is 2.11. The Kier molecular flexibility index (Phi) is 1.53. The van der Waals surface area contributed by atoms with Gasteiger partial charge < -0.3 is 5.43 Å². The van der Waals surface area contributed by atoms with Gasteiger partial charge in [0.2, 0.25) is 0 Å². The lowest BCUT2D eigenvalue weighted by Crippen LogP contribution is -2.14. The summed E-state index contributed by atoms with van der Waals surface area (Å²) < 4.78 is 0. The van der Waals surface area contributed by atoms with E-state index in [9.17, 15) is 0 Å². The van der Waals surface area contributed by atoms with Crippen molar-refractivity contribution in [3.8, 4) is 0 Å². The average molecular weight is 112 g/mol. The quantitative estimate of drug-likeness (QED) is 0.409. The molecule has 0 aliphatic heterocycles. The third-order valence-corrected chi connectivity index (χ3v) is 1.53. The first-order valence-electron chi connectivity index (χ1n) is 2.97. The Labute approximate surface area is 49.7 Å². The molecule has 0 spiro atoms. The van der Waals surface area contributed by atoms with Crippen LogP contribution in [-0.4, -0.2) is 0 Å². The summed E-state index contributed by atoms with van der Waals surface area (Å²) in [6.07, 6.45) is 4.58. The van der Waals surface area contributed by atoms with Crippen LogP contribution in [0.5, 0.6) is 0 Å². The molecule has 0 amide bonds. The molecule has 0 atom stereocenters. The van der Waals surface area contributed by atoms with Crippen molar-refractivity contribution in [1.82, 2.24) is 5.43 Å². The SMILES string of the molecule is CC(=CNN)C1CC1. The van der Waals surface area contributed by atoms with Crippen LogP contribution in [0.4, 0.5) is 0 Å². The van der Waals surface area contributed by atoms with Crippen LogP contribution >= 0.6 is 0 Å². The van der Waals surface area contributed by atoms with Gasteiger partial charge in [-0.2, -0.15) is 0 Å². The highest BCUT2D eigenvalue weighted by atomic mass is 15.2. The number of nitrogens with one attached hydrogen (secondary N) is 1. The monoisotopic (exact) mass is 112 g/mol. The summed E-state index contributed by atoms with van der Waals surface area (Å²) in [5.74, 6) is 5.91. The van der Waals surface area contributed by atoms with E-state index in [0.717, 1.165) is 5.92 Å². The van der Waals surface area contributed by atoms with Crippen LogP contribution in [-0.2, 0) is 0 Å². The topological polar surface area (TPSA) is 38.0 Å². The first kappa shape index (κ1) is 5.63. The number of nitrogens with two attached hydrogens (primary N) is 1. The average Bonchev–Trinajstić information content (AvgIpc) is 2.45. The lowest BCUT2D eigenvalue weighted by Gasteiger charge is -1.93. The van der Waals surface area contributed by atoms with E-state index in [0.29, 0.717) is 0 Å². The van der Waals surface area contributed by atoms with Gasteiger partial charge in [0.25, 0.3) is 0 Å². The van der Waals surface area contributed by atoms with E-state index in [-0.39, 0.29) is 0 Å². The molecule has 0 saturated heterocycles. The van der Waals surface area contributed by atoms with Crippen molar-refractivity contribution < 1.29 is 0 Å². The van der Waals surface area contributed by atoms with E-state index >= 15 is 0 Å². The molecule has 0 heterocycles. The van der Waals surface area contributed by atoms with Gasteiger partial charge >= 0.3 is 0 Å². The largest absolute Gasteiger partial charge is 0.331 e. The zero-order valence-corrected chi connectivity index (χ0v) is 5.15. The highest BCUT2D eigenvalue weighted by Crippen LogP contribution is 2.35. The molecule has 2 heteroatoms. The molecule has 0 aromatic rings. The fourth-order valence-corrected chi connectivity index (χ4v) is 0.788. The molecule has 1 saturated carbocycles. The number of allylic oxidation sites excluding steroid dienone is 1. The normalized spacial score (nSPS) is 21.0. The predicted octanol–water partition coefficient (Wildman–Crippen LogP) is 0.764. The van der Waals surface area contributed by atoms with Crippen molar-refractivity contribution in [2.45, 2.75) is 19.8 Å². The van der Waals surface area contributed by atoms with Crippen LogP contribution in [0.25, 0.3) is 0 Å². The van der Waals surface area contributed by atoms with Gasteiger partial charge in [0.15, 0.2) is 0 Å². The van der Waals surface area contributed by atoms with Crippen molar-refractivity contribution in [2.75, 3.05) is 0 Å². The van der Waals surface area contributed by atoms with Crippen LogP contribution in [0.2, 0.25) is 0 Å². The van der Waals surface area contributed by atoms with Gasteiger partial charge in [-0.3, -0.25) is 5.84 Å². The molecular weight excluding hydrogens is 100 g/mol. The molecule has 1 aliphatic carbocycles. The van der Waals surface area contributed by atoms with Gasteiger partial charge in [0.1, 0.15) is 0 Å². The third kappa shape index (κ3) is 1.23. The Morgan fingerprint density at radius 2 is 2.38 bits per heavy atom. The molecule has 0 aromatic heterocycles. The standard InChI is InChI=1S/C6H12N2/c1-5(4-8-7)6-2-3-6/h4,6,8H,2-3,7H2,1H3. The Morgan fingerprint density at radius 1 is 1.75 bits per heavy atom. The zero-order valence-electron chi connectivity index (χ0n) is 5.15. The summed E-state index contributed by atoms with van der Waals surface area (Å²) in [7, 11) is 0. The molecule has 1 fully saturated rings. The van der Waals surface area contributed by atoms with Crippen molar-refractivity contribution in [2.24, 2.45) is 11.8 Å². The minimum absolute atomic E-state index is 0.839. The smallest absolute Gasteiger partial charge is 0.0115 e. The van der Waals surface area contributed by atoms with Gasteiger partial charge in [0.05, 0.1) is 0 Å². The Bertz CT molecular complexity index is 103. The maximum Gasteiger partial charge on any atom is 0.0115 e. The molecule has 0 bridgehead atoms. The summed E-state index contributed by atoms with van der Waals surface area (Å²) in [5.41, 5.74) is 3.91. The number of rotatable bonds is 2. The zero-order chi connectivity index (χ0) is 5.98. The van der Waals surface area contributed by atoms with Gasteiger partial charge in [-0.25, -0.2) is 0 Å². The molecule has 46 valence electrons. The molecule has 3 N–H and O–H groups in total. The van der Waals surface area contributed by atoms with E-state index in [4.69, 9.17) is 5.84 Å². The predicted molar refractivity (Wildman–Crippen MR) is 33.8 cm³/mol. The van der Waals surface area contributed by atoms with Crippen molar-refractivity contribution in [3.63, 3.8) is 0 Å². The van der Waals surface area contributed by atoms with E-state index < -0.39 is 0 Å². The van der Waals surface area contributed by atoms with E-state index in [1.165, 1.54) is 18.4 Å². The molecule has 1 aliphatic rings. The number of hydrazine groups is 1. The van der Waals surface area contributed by atoms with Crippen LogP contribution in [0.1, 0.15) is 19.8 Å².